The number of hydrogen-bond donors (Lipinski definition) is 0. The van der Waals surface area contributed by atoms with Crippen LogP contribution in [0.15, 0.2) is 12.7 Å². The fraction of sp³-hybridized carbons (Fsp3) is 0.773. The molecule has 0 radical (unpaired) electrons. The monoisotopic (exact) mass is 447 g/mol. The Morgan fingerprint density at radius 1 is 1.06 bits per heavy atom. The molecule has 1 aliphatic rings. The number of carbonyl (C=O) groups is 3. The quantitative estimate of drug-likeness (QED) is 0.279. The summed E-state index contributed by atoms with van der Waals surface area (Å²) in [5.41, 5.74) is -3.89. The molecule has 0 spiro atoms. The lowest BCUT2D eigenvalue weighted by atomic mass is 10.0. The van der Waals surface area contributed by atoms with Gasteiger partial charge >= 0.3 is 18.2 Å². The number of rotatable bonds is 8. The predicted octanol–water partition coefficient (Wildman–Crippen LogP) is 5.47. The van der Waals surface area contributed by atoms with Gasteiger partial charge in [0.05, 0.1) is 6.61 Å². The van der Waals surface area contributed by atoms with Crippen molar-refractivity contribution in [2.24, 2.45) is 5.92 Å². The van der Waals surface area contributed by atoms with E-state index in [1.165, 1.54) is 6.08 Å². The molecule has 0 aromatic rings. The largest absolute Gasteiger partial charge is 0.464 e. The highest BCUT2D eigenvalue weighted by Gasteiger charge is 2.71. The van der Waals surface area contributed by atoms with Gasteiger partial charge in [0.25, 0.3) is 0 Å². The number of hydrogen-bond acceptors (Lipinski definition) is 6. The number of halogens is 2. The minimum Gasteiger partial charge on any atom is -0.464 e. The van der Waals surface area contributed by atoms with Crippen LogP contribution < -0.4 is 0 Å². The van der Waals surface area contributed by atoms with Gasteiger partial charge in [0, 0.05) is 18.8 Å². The van der Waals surface area contributed by atoms with Crippen LogP contribution in [0.2, 0.25) is 0 Å². The third-order valence-corrected chi connectivity index (χ3v) is 4.51. The maximum absolute atomic E-state index is 14.5. The molecule has 0 aromatic heterocycles. The maximum Gasteiger partial charge on any atom is 0.420 e. The van der Waals surface area contributed by atoms with Crippen molar-refractivity contribution in [2.45, 2.75) is 96.8 Å². The van der Waals surface area contributed by atoms with Crippen LogP contribution in [0.5, 0.6) is 0 Å². The van der Waals surface area contributed by atoms with Gasteiger partial charge in [-0.3, -0.25) is 0 Å². The molecule has 0 saturated heterocycles. The molecular weight excluding hydrogens is 412 g/mol. The molecule has 7 nitrogen and oxygen atoms in total. The zero-order valence-corrected chi connectivity index (χ0v) is 19.5. The number of alkyl halides is 2. The zero-order valence-electron chi connectivity index (χ0n) is 19.5. The van der Waals surface area contributed by atoms with Crippen LogP contribution in [0, 0.1) is 5.92 Å². The van der Waals surface area contributed by atoms with E-state index in [1.807, 2.05) is 0 Å². The molecule has 0 aromatic carbocycles. The summed E-state index contributed by atoms with van der Waals surface area (Å²) >= 11 is 0. The molecule has 0 bridgehead atoms. The van der Waals surface area contributed by atoms with Crippen molar-refractivity contribution in [3.8, 4) is 0 Å². The Morgan fingerprint density at radius 2 is 1.55 bits per heavy atom. The summed E-state index contributed by atoms with van der Waals surface area (Å²) in [5.74, 6) is -5.04. The fourth-order valence-corrected chi connectivity index (χ4v) is 3.22. The summed E-state index contributed by atoms with van der Waals surface area (Å²) in [6, 6.07) is 0. The number of carbonyl (C=O) groups excluding carboxylic acids is 3. The molecule has 178 valence electrons. The molecule has 1 rings (SSSR count). The van der Waals surface area contributed by atoms with Gasteiger partial charge in [-0.15, -0.1) is 6.58 Å². The highest BCUT2D eigenvalue weighted by molar-refractivity contribution is 5.99. The summed E-state index contributed by atoms with van der Waals surface area (Å²) in [5, 5.41) is 0. The Morgan fingerprint density at radius 3 is 1.94 bits per heavy atom. The van der Waals surface area contributed by atoms with Gasteiger partial charge in [-0.2, -0.15) is 4.90 Å². The first kappa shape index (κ1) is 26.8. The first-order valence-electron chi connectivity index (χ1n) is 10.4. The molecule has 2 atom stereocenters. The third-order valence-electron chi connectivity index (χ3n) is 4.51. The molecule has 1 saturated carbocycles. The second-order valence-corrected chi connectivity index (χ2v) is 9.73. The van der Waals surface area contributed by atoms with Crippen molar-refractivity contribution >= 4 is 18.2 Å². The Labute approximate surface area is 183 Å². The molecule has 31 heavy (non-hydrogen) atoms. The SMILES string of the molecule is C=CCCC(F)(F)C[C@@H]1C[C@@]1(C(=O)OCC)N(C(=O)OC(C)(C)C)C(=O)OC(C)(C)C. The van der Waals surface area contributed by atoms with E-state index in [-0.39, 0.29) is 19.4 Å². The van der Waals surface area contributed by atoms with E-state index in [4.69, 9.17) is 14.2 Å². The first-order valence-corrected chi connectivity index (χ1v) is 10.4. The van der Waals surface area contributed by atoms with E-state index < -0.39 is 59.6 Å². The standard InChI is InChI=1S/C22H35F2NO6/c1-9-11-12-21(23,24)13-15-14-22(15,16(26)29-10-2)25(17(27)30-19(3,4)5)18(28)31-20(6,7)8/h9,15H,1,10-14H2,2-8H3/t15-,22-/m1/s1. The number of allylic oxidation sites excluding steroid dienone is 1. The number of nitrogens with zero attached hydrogens (tertiary/aromatic N) is 1. The second kappa shape index (κ2) is 9.53. The number of imide groups is 1. The van der Waals surface area contributed by atoms with Gasteiger partial charge in [-0.25, -0.2) is 23.2 Å². The molecule has 2 amide bonds. The molecule has 0 heterocycles. The Balaban J connectivity index is 3.37. The minimum atomic E-state index is -3.11. The predicted molar refractivity (Wildman–Crippen MR) is 111 cm³/mol. The lowest BCUT2D eigenvalue weighted by molar-refractivity contribution is -0.152. The van der Waals surface area contributed by atoms with E-state index >= 15 is 0 Å². The molecular formula is C22H35F2NO6. The highest BCUT2D eigenvalue weighted by atomic mass is 19.3. The van der Waals surface area contributed by atoms with Gasteiger partial charge in [-0.1, -0.05) is 6.08 Å². The van der Waals surface area contributed by atoms with Crippen molar-refractivity contribution < 1.29 is 37.4 Å². The van der Waals surface area contributed by atoms with E-state index in [2.05, 4.69) is 6.58 Å². The van der Waals surface area contributed by atoms with Gasteiger partial charge < -0.3 is 14.2 Å². The first-order chi connectivity index (χ1) is 14.0. The summed E-state index contributed by atoms with van der Waals surface area (Å²) in [6.45, 7) is 14.5. The lowest BCUT2D eigenvalue weighted by Crippen LogP contribution is -2.55. The average molecular weight is 448 g/mol. The van der Waals surface area contributed by atoms with Crippen LogP contribution in [-0.4, -0.2) is 52.3 Å². The third kappa shape index (κ3) is 7.47. The Hall–Kier alpha value is -2.19. The van der Waals surface area contributed by atoms with Crippen LogP contribution in [0.1, 0.15) is 74.1 Å². The van der Waals surface area contributed by atoms with Crippen LogP contribution in [-0.2, 0) is 19.0 Å². The smallest absolute Gasteiger partial charge is 0.420 e. The lowest BCUT2D eigenvalue weighted by Gasteiger charge is -2.33. The summed E-state index contributed by atoms with van der Waals surface area (Å²) in [4.78, 5) is 39.3. The molecule has 0 aliphatic heterocycles. The van der Waals surface area contributed by atoms with Crippen molar-refractivity contribution in [3.63, 3.8) is 0 Å². The van der Waals surface area contributed by atoms with Crippen molar-refractivity contribution in [2.75, 3.05) is 6.61 Å². The van der Waals surface area contributed by atoms with Crippen LogP contribution in [0.3, 0.4) is 0 Å². The number of esters is 1. The van der Waals surface area contributed by atoms with E-state index in [9.17, 15) is 23.2 Å². The Bertz CT molecular complexity index is 667. The molecule has 1 aliphatic carbocycles. The number of amides is 2. The Kier molecular flexibility index (Phi) is 8.25. The van der Waals surface area contributed by atoms with Crippen molar-refractivity contribution in [1.82, 2.24) is 4.90 Å². The second-order valence-electron chi connectivity index (χ2n) is 9.73. The van der Waals surface area contributed by atoms with E-state index in [0.717, 1.165) is 0 Å². The molecule has 1 fully saturated rings. The number of ether oxygens (including phenoxy) is 3. The van der Waals surface area contributed by atoms with Crippen LogP contribution >= 0.6 is 0 Å². The molecule has 0 unspecified atom stereocenters. The van der Waals surface area contributed by atoms with Gasteiger partial charge in [0.15, 0.2) is 5.54 Å². The van der Waals surface area contributed by atoms with Crippen molar-refractivity contribution in [3.05, 3.63) is 12.7 Å². The van der Waals surface area contributed by atoms with Crippen LogP contribution in [0.4, 0.5) is 18.4 Å². The van der Waals surface area contributed by atoms with E-state index in [0.29, 0.717) is 4.90 Å². The zero-order chi connectivity index (χ0) is 24.3. The van der Waals surface area contributed by atoms with Gasteiger partial charge in [0.1, 0.15) is 11.2 Å². The fourth-order valence-electron chi connectivity index (χ4n) is 3.22. The molecule has 0 N–H and O–H groups in total. The normalized spacial score (nSPS) is 21.1. The van der Waals surface area contributed by atoms with Gasteiger partial charge in [0.2, 0.25) is 5.92 Å². The topological polar surface area (TPSA) is 82.1 Å². The summed E-state index contributed by atoms with van der Waals surface area (Å²) < 4.78 is 44.6. The maximum atomic E-state index is 14.5. The van der Waals surface area contributed by atoms with E-state index in [1.54, 1.807) is 48.5 Å². The highest BCUT2D eigenvalue weighted by Crippen LogP contribution is 2.55. The summed E-state index contributed by atoms with van der Waals surface area (Å²) in [6.07, 6.45) is -2.12. The van der Waals surface area contributed by atoms with Crippen LogP contribution in [0.25, 0.3) is 0 Å². The average Bonchev–Trinajstić information content (AvgIpc) is 3.23. The summed E-state index contributed by atoms with van der Waals surface area (Å²) in [7, 11) is 0. The minimum absolute atomic E-state index is 0.0450. The van der Waals surface area contributed by atoms with Gasteiger partial charge in [-0.05, 0) is 61.3 Å². The van der Waals surface area contributed by atoms with Crippen molar-refractivity contribution in [1.29, 1.82) is 0 Å². The molecule has 9 heteroatoms.